The van der Waals surface area contributed by atoms with Crippen LogP contribution in [-0.4, -0.2) is 27.9 Å². The van der Waals surface area contributed by atoms with Crippen LogP contribution >= 0.6 is 0 Å². The molecule has 2 aromatic carbocycles. The Labute approximate surface area is 169 Å². The molecule has 152 valence electrons. The first kappa shape index (κ1) is 19.5. The van der Waals surface area contributed by atoms with Crippen molar-refractivity contribution in [1.82, 2.24) is 19.5 Å². The summed E-state index contributed by atoms with van der Waals surface area (Å²) in [6.07, 6.45) is 6.22. The molecule has 0 fully saturated rings. The molecule has 4 aromatic rings. The molecule has 0 unspecified atom stereocenters. The average Bonchev–Trinajstić information content (AvgIpc) is 3.24. The van der Waals surface area contributed by atoms with Crippen LogP contribution in [0.25, 0.3) is 5.82 Å². The molecule has 0 radical (unpaired) electrons. The predicted octanol–water partition coefficient (Wildman–Crippen LogP) is 3.53. The second-order valence-electron chi connectivity index (χ2n) is 5.97. The van der Waals surface area contributed by atoms with Crippen molar-refractivity contribution in [3.05, 3.63) is 85.2 Å². The first-order valence-corrected chi connectivity index (χ1v) is 9.96. The van der Waals surface area contributed by atoms with Crippen LogP contribution in [0.2, 0.25) is 0 Å². The Balaban J connectivity index is 1.51. The van der Waals surface area contributed by atoms with Crippen LogP contribution in [0, 0.1) is 11.6 Å². The highest BCUT2D eigenvalue weighted by Crippen LogP contribution is 2.25. The molecule has 0 saturated heterocycles. The number of hydrogen-bond acceptors (Lipinski definition) is 6. The van der Waals surface area contributed by atoms with Gasteiger partial charge in [-0.3, -0.25) is 9.29 Å². The lowest BCUT2D eigenvalue weighted by molar-refractivity contribution is 0.461. The molecular formula is C19H13F2N5O3S. The molecule has 4 rings (SSSR count). The molecule has 11 heteroatoms. The molecule has 0 aliphatic heterocycles. The van der Waals surface area contributed by atoms with E-state index in [-0.39, 0.29) is 11.6 Å². The van der Waals surface area contributed by atoms with Gasteiger partial charge in [-0.25, -0.2) is 32.2 Å². The van der Waals surface area contributed by atoms with E-state index in [1.165, 1.54) is 30.6 Å². The Kier molecular flexibility index (Phi) is 5.11. The second kappa shape index (κ2) is 7.87. The Morgan fingerprint density at radius 1 is 1.00 bits per heavy atom. The minimum absolute atomic E-state index is 0.104. The quantitative estimate of drug-likeness (QED) is 0.503. The molecule has 2 heterocycles. The monoisotopic (exact) mass is 429 g/mol. The van der Waals surface area contributed by atoms with E-state index in [1.54, 1.807) is 29.4 Å². The van der Waals surface area contributed by atoms with E-state index in [0.29, 0.717) is 11.6 Å². The van der Waals surface area contributed by atoms with E-state index < -0.39 is 26.6 Å². The molecule has 8 nitrogen and oxygen atoms in total. The van der Waals surface area contributed by atoms with Crippen LogP contribution in [0.5, 0.6) is 11.6 Å². The van der Waals surface area contributed by atoms with Crippen molar-refractivity contribution in [1.29, 1.82) is 0 Å². The van der Waals surface area contributed by atoms with Gasteiger partial charge in [0.05, 0.1) is 0 Å². The van der Waals surface area contributed by atoms with Gasteiger partial charge in [0, 0.05) is 24.1 Å². The summed E-state index contributed by atoms with van der Waals surface area (Å²) in [5.41, 5.74) is 0.104. The zero-order valence-electron chi connectivity index (χ0n) is 15.1. The highest BCUT2D eigenvalue weighted by molar-refractivity contribution is 7.92. The number of rotatable bonds is 6. The third kappa shape index (κ3) is 4.10. The van der Waals surface area contributed by atoms with Gasteiger partial charge in [-0.15, -0.1) is 0 Å². The van der Waals surface area contributed by atoms with Crippen LogP contribution in [0.15, 0.2) is 78.5 Å². The summed E-state index contributed by atoms with van der Waals surface area (Å²) in [6, 6.07) is 10.2. The molecular weight excluding hydrogens is 416 g/mol. The lowest BCUT2D eigenvalue weighted by atomic mass is 10.3. The summed E-state index contributed by atoms with van der Waals surface area (Å²) in [7, 11) is -4.45. The zero-order chi connectivity index (χ0) is 21.1. The Bertz CT molecular complexity index is 1260. The molecule has 0 saturated carbocycles. The molecule has 0 aliphatic rings. The summed E-state index contributed by atoms with van der Waals surface area (Å²) in [5, 5.41) is 0. The van der Waals surface area contributed by atoms with Gasteiger partial charge in [-0.1, -0.05) is 6.07 Å². The van der Waals surface area contributed by atoms with Gasteiger partial charge in [0.15, 0.2) is 4.90 Å². The Morgan fingerprint density at radius 3 is 2.40 bits per heavy atom. The molecule has 0 bridgehead atoms. The Hall–Kier alpha value is -3.86. The average molecular weight is 429 g/mol. The molecule has 0 spiro atoms. The largest absolute Gasteiger partial charge is 0.439 e. The zero-order valence-corrected chi connectivity index (χ0v) is 15.9. The van der Waals surface area contributed by atoms with Crippen molar-refractivity contribution in [2.45, 2.75) is 4.90 Å². The van der Waals surface area contributed by atoms with Crippen LogP contribution in [0.3, 0.4) is 0 Å². The number of ether oxygens (including phenoxy) is 1. The van der Waals surface area contributed by atoms with Crippen molar-refractivity contribution >= 4 is 15.7 Å². The number of aromatic nitrogens is 4. The minimum Gasteiger partial charge on any atom is -0.439 e. The molecule has 0 atom stereocenters. The minimum atomic E-state index is -4.45. The van der Waals surface area contributed by atoms with Crippen molar-refractivity contribution in [3.63, 3.8) is 0 Å². The van der Waals surface area contributed by atoms with Gasteiger partial charge >= 0.3 is 0 Å². The second-order valence-corrected chi connectivity index (χ2v) is 7.59. The lowest BCUT2D eigenvalue weighted by Gasteiger charge is -2.11. The topological polar surface area (TPSA) is 99.0 Å². The van der Waals surface area contributed by atoms with Crippen molar-refractivity contribution in [2.24, 2.45) is 0 Å². The van der Waals surface area contributed by atoms with Crippen molar-refractivity contribution in [3.8, 4) is 17.4 Å². The van der Waals surface area contributed by atoms with Gasteiger partial charge in [0.25, 0.3) is 10.0 Å². The summed E-state index contributed by atoms with van der Waals surface area (Å²) in [5.74, 6) is -1.19. The van der Waals surface area contributed by atoms with Crippen molar-refractivity contribution < 1.29 is 21.9 Å². The first-order chi connectivity index (χ1) is 14.4. The number of hydrogen-bond donors (Lipinski definition) is 1. The lowest BCUT2D eigenvalue weighted by Crippen LogP contribution is -2.16. The van der Waals surface area contributed by atoms with Gasteiger partial charge in [0.1, 0.15) is 35.9 Å². The smallest absolute Gasteiger partial charge is 0.267 e. The summed E-state index contributed by atoms with van der Waals surface area (Å²) < 4.78 is 61.7. The van der Waals surface area contributed by atoms with Crippen LogP contribution in [0.4, 0.5) is 14.5 Å². The van der Waals surface area contributed by atoms with Crippen LogP contribution < -0.4 is 9.46 Å². The highest BCUT2D eigenvalue weighted by atomic mass is 32.2. The van der Waals surface area contributed by atoms with Crippen LogP contribution in [0.1, 0.15) is 0 Å². The first-order valence-electron chi connectivity index (χ1n) is 8.47. The third-order valence-electron chi connectivity index (χ3n) is 3.91. The van der Waals surface area contributed by atoms with Gasteiger partial charge < -0.3 is 4.74 Å². The SMILES string of the molecule is O=S(=O)(Nc1ccc(Oc2cc(-n3ccnc3)ncn2)cc1)c1c(F)cccc1F. The predicted molar refractivity (Wildman–Crippen MR) is 103 cm³/mol. The Morgan fingerprint density at radius 2 is 1.73 bits per heavy atom. The van der Waals surface area contributed by atoms with E-state index in [1.807, 2.05) is 0 Å². The summed E-state index contributed by atoms with van der Waals surface area (Å²) in [4.78, 5) is 11.0. The number of imidazole rings is 1. The maximum Gasteiger partial charge on any atom is 0.267 e. The van der Waals surface area contributed by atoms with Crippen LogP contribution in [-0.2, 0) is 10.0 Å². The van der Waals surface area contributed by atoms with Gasteiger partial charge in [-0.2, -0.15) is 0 Å². The fourth-order valence-electron chi connectivity index (χ4n) is 2.58. The van der Waals surface area contributed by atoms with E-state index in [0.717, 1.165) is 18.2 Å². The number of nitrogens with zero attached hydrogens (tertiary/aromatic N) is 4. The maximum atomic E-state index is 13.8. The van der Waals surface area contributed by atoms with Gasteiger partial charge in [0.2, 0.25) is 5.88 Å². The van der Waals surface area contributed by atoms with E-state index in [2.05, 4.69) is 19.7 Å². The van der Waals surface area contributed by atoms with E-state index >= 15 is 0 Å². The standard InChI is InChI=1S/C19H13F2N5O3S/c20-15-2-1-3-16(21)19(15)30(27,28)25-13-4-6-14(7-5-13)29-18-10-17(23-11-24-18)26-9-8-22-12-26/h1-12,25H. The summed E-state index contributed by atoms with van der Waals surface area (Å²) >= 11 is 0. The normalized spacial score (nSPS) is 11.3. The molecule has 1 N–H and O–H groups in total. The number of halogens is 2. The van der Waals surface area contributed by atoms with Gasteiger partial charge in [-0.05, 0) is 36.4 Å². The number of sulfonamides is 1. The highest BCUT2D eigenvalue weighted by Gasteiger charge is 2.23. The van der Waals surface area contributed by atoms with E-state index in [9.17, 15) is 17.2 Å². The molecule has 0 aliphatic carbocycles. The fraction of sp³-hybridized carbons (Fsp3) is 0. The molecule has 0 amide bonds. The van der Waals surface area contributed by atoms with E-state index in [4.69, 9.17) is 4.74 Å². The number of anilines is 1. The van der Waals surface area contributed by atoms with Crippen molar-refractivity contribution in [2.75, 3.05) is 4.72 Å². The molecule has 2 aromatic heterocycles. The summed E-state index contributed by atoms with van der Waals surface area (Å²) in [6.45, 7) is 0. The maximum absolute atomic E-state index is 13.8. The number of benzene rings is 2. The molecule has 30 heavy (non-hydrogen) atoms. The fourth-order valence-corrected chi connectivity index (χ4v) is 3.78. The number of nitrogens with one attached hydrogen (secondary N) is 1. The third-order valence-corrected chi connectivity index (χ3v) is 5.35.